The van der Waals surface area contributed by atoms with E-state index in [4.69, 9.17) is 14.2 Å². The molecule has 0 N–H and O–H groups in total. The van der Waals surface area contributed by atoms with Crippen LogP contribution in [0.15, 0.2) is 11.1 Å². The van der Waals surface area contributed by atoms with Crippen LogP contribution in [0, 0.1) is 0 Å². The minimum Gasteiger partial charge on any atom is -0.398 e. The van der Waals surface area contributed by atoms with Crippen LogP contribution in [-0.2, 0) is 23.8 Å². The molecule has 0 aromatic rings. The van der Waals surface area contributed by atoms with Gasteiger partial charge in [-0.3, -0.25) is 4.79 Å². The molecule has 1 heterocycles. The third-order valence-electron chi connectivity index (χ3n) is 3.03. The van der Waals surface area contributed by atoms with Crippen molar-refractivity contribution in [1.29, 1.82) is 0 Å². The molecule has 0 spiro atoms. The number of ketones is 1. The van der Waals surface area contributed by atoms with Crippen LogP contribution in [0.5, 0.6) is 0 Å². The molecule has 0 atom stereocenters. The molecule has 0 aromatic heterocycles. The summed E-state index contributed by atoms with van der Waals surface area (Å²) in [4.78, 5) is 23.8. The summed E-state index contributed by atoms with van der Waals surface area (Å²) in [6.07, 6.45) is 3.01. The first-order valence-corrected chi connectivity index (χ1v) is 5.25. The van der Waals surface area contributed by atoms with Crippen molar-refractivity contribution in [1.82, 2.24) is 0 Å². The van der Waals surface area contributed by atoms with Crippen molar-refractivity contribution in [2.75, 3.05) is 14.2 Å². The van der Waals surface area contributed by atoms with Gasteiger partial charge in [-0.25, -0.2) is 4.79 Å². The second kappa shape index (κ2) is 3.99. The predicted molar refractivity (Wildman–Crippen MR) is 53.3 cm³/mol. The summed E-state index contributed by atoms with van der Waals surface area (Å²) in [6.45, 7) is 0. The fourth-order valence-corrected chi connectivity index (χ4v) is 2.15. The lowest BCUT2D eigenvalue weighted by Crippen LogP contribution is -2.51. The van der Waals surface area contributed by atoms with Crippen LogP contribution in [0.2, 0.25) is 0 Å². The number of methoxy groups -OCH3 is 2. The Morgan fingerprint density at radius 3 is 2.19 bits per heavy atom. The lowest BCUT2D eigenvalue weighted by molar-refractivity contribution is -0.318. The average Bonchev–Trinajstić information content (AvgIpc) is 2.34. The minimum absolute atomic E-state index is 0.383. The van der Waals surface area contributed by atoms with Crippen molar-refractivity contribution in [2.45, 2.75) is 31.7 Å². The van der Waals surface area contributed by atoms with E-state index in [1.807, 2.05) is 0 Å². The van der Waals surface area contributed by atoms with Gasteiger partial charge in [0.25, 0.3) is 5.78 Å². The maximum Gasteiger partial charge on any atom is 0.397 e. The number of rotatable bonds is 2. The molecule has 5 nitrogen and oxygen atoms in total. The SMILES string of the molecule is COC1(OC)OC(=O)C2=C(CCCC2)C1=O. The largest absolute Gasteiger partial charge is 0.398 e. The first-order chi connectivity index (χ1) is 7.64. The lowest BCUT2D eigenvalue weighted by atomic mass is 9.87. The van der Waals surface area contributed by atoms with Gasteiger partial charge in [0.05, 0.1) is 0 Å². The van der Waals surface area contributed by atoms with Crippen molar-refractivity contribution in [3.05, 3.63) is 11.1 Å². The maximum atomic E-state index is 12.1. The smallest absolute Gasteiger partial charge is 0.397 e. The van der Waals surface area contributed by atoms with E-state index in [0.29, 0.717) is 24.0 Å². The topological polar surface area (TPSA) is 61.8 Å². The molecule has 2 aliphatic rings. The van der Waals surface area contributed by atoms with Crippen LogP contribution in [0.4, 0.5) is 0 Å². The highest BCUT2D eigenvalue weighted by molar-refractivity contribution is 6.11. The van der Waals surface area contributed by atoms with Gasteiger partial charge in [0, 0.05) is 25.4 Å². The van der Waals surface area contributed by atoms with Crippen molar-refractivity contribution >= 4 is 11.8 Å². The first-order valence-electron chi connectivity index (χ1n) is 5.25. The molecule has 0 radical (unpaired) electrons. The van der Waals surface area contributed by atoms with Crippen molar-refractivity contribution < 1.29 is 23.8 Å². The number of ether oxygens (including phenoxy) is 3. The quantitative estimate of drug-likeness (QED) is 0.517. The summed E-state index contributed by atoms with van der Waals surface area (Å²) >= 11 is 0. The Morgan fingerprint density at radius 1 is 1.06 bits per heavy atom. The van der Waals surface area contributed by atoms with Gasteiger partial charge in [0.15, 0.2) is 0 Å². The Kier molecular flexibility index (Phi) is 2.82. The molecule has 0 unspecified atom stereocenters. The highest BCUT2D eigenvalue weighted by Crippen LogP contribution is 2.35. The van der Waals surface area contributed by atoms with Crippen molar-refractivity contribution in [3.63, 3.8) is 0 Å². The summed E-state index contributed by atoms with van der Waals surface area (Å²) in [5.74, 6) is -2.75. The van der Waals surface area contributed by atoms with Crippen LogP contribution in [-0.4, -0.2) is 31.9 Å². The third-order valence-corrected chi connectivity index (χ3v) is 3.03. The number of cyclic esters (lactones) is 1. The Bertz CT molecular complexity index is 365. The molecule has 5 heteroatoms. The maximum absolute atomic E-state index is 12.1. The minimum atomic E-state index is -1.87. The van der Waals surface area contributed by atoms with E-state index in [2.05, 4.69) is 0 Å². The molecule has 0 amide bonds. The van der Waals surface area contributed by atoms with Gasteiger partial charge in [-0.15, -0.1) is 0 Å². The van der Waals surface area contributed by atoms with Gasteiger partial charge in [-0.1, -0.05) is 0 Å². The van der Waals surface area contributed by atoms with E-state index in [1.165, 1.54) is 14.2 Å². The lowest BCUT2D eigenvalue weighted by Gasteiger charge is -2.34. The van der Waals surface area contributed by atoms with Gasteiger partial charge < -0.3 is 14.2 Å². The zero-order valence-electron chi connectivity index (χ0n) is 9.37. The number of hydrogen-bond acceptors (Lipinski definition) is 5. The summed E-state index contributed by atoms with van der Waals surface area (Å²) in [5, 5.41) is 0. The molecule has 1 aliphatic heterocycles. The molecule has 16 heavy (non-hydrogen) atoms. The van der Waals surface area contributed by atoms with Gasteiger partial charge in [-0.2, -0.15) is 0 Å². The number of Topliss-reactive ketones (excluding diaryl/α,β-unsaturated/α-hetero) is 1. The monoisotopic (exact) mass is 226 g/mol. The van der Waals surface area contributed by atoms with E-state index >= 15 is 0 Å². The van der Waals surface area contributed by atoms with E-state index < -0.39 is 11.9 Å². The number of carbonyl (C=O) groups is 2. The first kappa shape index (κ1) is 11.3. The van der Waals surface area contributed by atoms with E-state index in [9.17, 15) is 9.59 Å². The van der Waals surface area contributed by atoms with Crippen LogP contribution in [0.3, 0.4) is 0 Å². The number of hydrogen-bond donors (Lipinski definition) is 0. The Labute approximate surface area is 93.4 Å². The van der Waals surface area contributed by atoms with Crippen molar-refractivity contribution in [3.8, 4) is 0 Å². The van der Waals surface area contributed by atoms with E-state index in [0.717, 1.165) is 12.8 Å². The van der Waals surface area contributed by atoms with Gasteiger partial charge >= 0.3 is 11.9 Å². The van der Waals surface area contributed by atoms with Gasteiger partial charge in [-0.05, 0) is 25.7 Å². The Morgan fingerprint density at radius 2 is 1.62 bits per heavy atom. The average molecular weight is 226 g/mol. The molecule has 0 aromatic carbocycles. The zero-order chi connectivity index (χ0) is 11.8. The molecule has 0 saturated heterocycles. The summed E-state index contributed by atoms with van der Waals surface area (Å²) in [7, 11) is 2.56. The molecule has 0 fully saturated rings. The zero-order valence-corrected chi connectivity index (χ0v) is 9.37. The second-order valence-corrected chi connectivity index (χ2v) is 3.85. The molecular formula is C11H14O5. The van der Waals surface area contributed by atoms with Gasteiger partial charge in [0.2, 0.25) is 0 Å². The summed E-state index contributed by atoms with van der Waals surface area (Å²) < 4.78 is 14.8. The summed E-state index contributed by atoms with van der Waals surface area (Å²) in [5.41, 5.74) is 0.993. The number of carbonyl (C=O) groups excluding carboxylic acids is 2. The normalized spacial score (nSPS) is 24.1. The fourth-order valence-electron chi connectivity index (χ4n) is 2.15. The molecular weight excluding hydrogens is 212 g/mol. The number of esters is 1. The van der Waals surface area contributed by atoms with Crippen LogP contribution < -0.4 is 0 Å². The molecule has 0 saturated carbocycles. The fraction of sp³-hybridized carbons (Fsp3) is 0.636. The van der Waals surface area contributed by atoms with E-state index in [1.54, 1.807) is 0 Å². The Balaban J connectivity index is 2.44. The molecule has 2 rings (SSSR count). The molecule has 88 valence electrons. The summed E-state index contributed by atoms with van der Waals surface area (Å²) in [6, 6.07) is 0. The van der Waals surface area contributed by atoms with E-state index in [-0.39, 0.29) is 5.78 Å². The van der Waals surface area contributed by atoms with Crippen molar-refractivity contribution in [2.24, 2.45) is 0 Å². The third kappa shape index (κ3) is 1.47. The van der Waals surface area contributed by atoms with Crippen LogP contribution >= 0.6 is 0 Å². The highest BCUT2D eigenvalue weighted by Gasteiger charge is 2.51. The van der Waals surface area contributed by atoms with Gasteiger partial charge in [0.1, 0.15) is 0 Å². The standard InChI is InChI=1S/C11H14O5/c1-14-11(15-2)9(12)7-5-3-4-6-8(7)10(13)16-11/h3-6H2,1-2H3. The second-order valence-electron chi connectivity index (χ2n) is 3.85. The van der Waals surface area contributed by atoms with Crippen LogP contribution in [0.1, 0.15) is 25.7 Å². The predicted octanol–water partition coefficient (Wildman–Crippen LogP) is 0.929. The molecule has 1 aliphatic carbocycles. The molecule has 0 bridgehead atoms. The van der Waals surface area contributed by atoms with Crippen LogP contribution in [0.25, 0.3) is 0 Å². The Hall–Kier alpha value is -1.20. The highest BCUT2D eigenvalue weighted by atomic mass is 16.9.